The quantitative estimate of drug-likeness (QED) is 0.0101. The van der Waals surface area contributed by atoms with Crippen molar-refractivity contribution < 1.29 is 87.0 Å². The summed E-state index contributed by atoms with van der Waals surface area (Å²) < 4.78 is 127. The van der Waals surface area contributed by atoms with Crippen molar-refractivity contribution in [1.29, 1.82) is 0 Å². The summed E-state index contributed by atoms with van der Waals surface area (Å²) in [5.41, 5.74) is 24.9. The van der Waals surface area contributed by atoms with Gasteiger partial charge in [-0.2, -0.15) is 16.5 Å². The third-order valence-corrected chi connectivity index (χ3v) is 24.6. The fraction of sp³-hybridized carbons (Fsp3) is 0.411. The van der Waals surface area contributed by atoms with Crippen LogP contribution < -0.4 is 41.1 Å². The Balaban J connectivity index is -0.000000266. The molecule has 0 fully saturated rings. The van der Waals surface area contributed by atoms with E-state index in [-0.39, 0.29) is 151 Å². The van der Waals surface area contributed by atoms with Crippen molar-refractivity contribution in [2.24, 2.45) is 9.54 Å². The van der Waals surface area contributed by atoms with Crippen molar-refractivity contribution >= 4 is 151 Å². The number of nitrogens with zero attached hydrogens (tertiary/aromatic N) is 2. The zero-order chi connectivity index (χ0) is 95.9. The summed E-state index contributed by atoms with van der Waals surface area (Å²) in [7, 11) is -5.65. The van der Waals surface area contributed by atoms with Gasteiger partial charge in [-0.15, -0.1) is 41.5 Å². The number of nitrogens with one attached hydrogen (secondary N) is 3. The molecule has 15 N–H and O–H groups in total. The molecule has 19 nitrogen and oxygen atoms in total. The van der Waals surface area contributed by atoms with E-state index in [0.29, 0.717) is 5.69 Å². The van der Waals surface area contributed by atoms with Crippen LogP contribution in [0.3, 0.4) is 0 Å². The van der Waals surface area contributed by atoms with Gasteiger partial charge in [0.25, 0.3) is 0 Å². The SMILES string of the molecule is Br.CC(C)(C)S(N)=O.CC(C)(C)[S@@](=O)N=Cc1ccccc1.CC(C)(C)[S@@](=O)N[C@@H](c1ccccc1)c1ccc(F)c(N)c1.CC(C)(C)[S@@](=O)N[C@H](c1ccccc1)c1ccc(F)c(N)c1.CC(C)(C)[S@@](=O)N[C@H](c1ccccc1)c1ccc(F)c(N)c1.CC(C)O.CC(C)O.CC(C)O.CC(C)O.CN(c1cc[c-]cc1F)[Si](C)(C)C.Cl.O=Cc1ccccc1.[H-].[Mg+2].[Ti]. The molecule has 128 heavy (non-hydrogen) atoms. The maximum absolute atomic E-state index is 13.4. The predicted molar refractivity (Wildman–Crippen MR) is 547 cm³/mol. The molecule has 0 heterocycles. The molecule has 1 unspecified atom stereocenters. The van der Waals surface area contributed by atoms with Gasteiger partial charge in [0.05, 0.1) is 103 Å². The largest absolute Gasteiger partial charge is 2.00 e. The number of aldehydes is 1. The number of hydrogen-bond donors (Lipinski definition) is 11. The molecule has 0 saturated heterocycles. The zero-order valence-electron chi connectivity index (χ0n) is 80.6. The Morgan fingerprint density at radius 2 is 0.664 bits per heavy atom. The molecule has 0 amide bonds. The first kappa shape index (κ1) is 133. The molecule has 9 aromatic rings. The van der Waals surface area contributed by atoms with Crippen LogP contribution in [-0.4, -0.2) is 140 Å². The number of halogens is 6. The number of carbonyl (C=O) groups is 1. The molecule has 0 aliphatic rings. The number of aliphatic hydroxyl groups excluding tert-OH is 4. The maximum Gasteiger partial charge on any atom is 2.00 e. The molecule has 0 radical (unpaired) electrons. The van der Waals surface area contributed by atoms with Crippen LogP contribution in [0.1, 0.15) is 228 Å². The number of rotatable bonds is 17. The smallest absolute Gasteiger partial charge is 1.00 e. The first-order chi connectivity index (χ1) is 57.1. The van der Waals surface area contributed by atoms with Crippen molar-refractivity contribution in [2.45, 2.75) is 245 Å². The van der Waals surface area contributed by atoms with E-state index in [2.05, 4.69) is 48.8 Å². The van der Waals surface area contributed by atoms with Gasteiger partial charge in [0, 0.05) is 63.7 Å². The van der Waals surface area contributed by atoms with Crippen LogP contribution in [0.15, 0.2) is 229 Å². The molecule has 0 saturated carbocycles. The van der Waals surface area contributed by atoms with Gasteiger partial charge in [0.2, 0.25) is 0 Å². The van der Waals surface area contributed by atoms with Gasteiger partial charge in [0.15, 0.2) is 0 Å². The fourth-order valence-corrected chi connectivity index (χ4v) is 12.3. The second-order valence-electron chi connectivity index (χ2n) is 34.8. The van der Waals surface area contributed by atoms with Gasteiger partial charge in [-0.05, 0) is 247 Å². The number of nitrogens with two attached hydrogens (primary N) is 4. The summed E-state index contributed by atoms with van der Waals surface area (Å²) in [6.45, 7) is 48.7. The molecule has 0 aliphatic heterocycles. The van der Waals surface area contributed by atoms with E-state index in [9.17, 15) is 43.4 Å². The monoisotopic (exact) mass is 2020 g/mol. The first-order valence-corrected chi connectivity index (χ1v) is 49.4. The molecular weight excluding hydrogens is 1880 g/mol. The zero-order valence-corrected chi connectivity index (χ0v) is 90.2. The van der Waals surface area contributed by atoms with E-state index in [0.717, 1.165) is 50.8 Å². The molecule has 0 aliphatic carbocycles. The summed E-state index contributed by atoms with van der Waals surface area (Å²) in [5.74, 6) is -1.54. The Morgan fingerprint density at radius 3 is 0.859 bits per heavy atom. The average Bonchev–Trinajstić information content (AvgIpc) is 0.826. The molecule has 712 valence electrons. The van der Waals surface area contributed by atoms with Crippen LogP contribution in [-0.2, 0) is 76.6 Å². The van der Waals surface area contributed by atoms with Crippen LogP contribution in [0.2, 0.25) is 19.6 Å². The van der Waals surface area contributed by atoms with Crippen LogP contribution >= 0.6 is 29.4 Å². The fourth-order valence-electron chi connectivity index (χ4n) is 8.37. The van der Waals surface area contributed by atoms with Gasteiger partial charge in [-0.1, -0.05) is 189 Å². The third kappa shape index (κ3) is 61.0. The third-order valence-electron chi connectivity index (χ3n) is 15.1. The van der Waals surface area contributed by atoms with E-state index in [1.165, 1.54) is 24.3 Å². The standard InChI is InChI=1S/3C17H21FN2OS.C11H15NOS.C10H15FNSi.C7H6O.C4H11NOS.4C3H8O.BrH.ClH.Mg.Ti.H/c3*1-17(2,3)22(21)20-16(12-7-5-4-6-8-12)13-9-10-14(18)15(19)11-13;1-11(2,3)14(13)12-9-10-7-5-4-6-8-10;1-12(13(2,3)4)10-8-6-5-7-9(10)11;8-6-7-4-2-1-3-5-7;1-4(2,3)7(5)6;4*1-3(2)4;;;;;/h3*4-11,16,20H,19H2,1-3H3;4-9H,1-3H3;6-8H,1-4H3;1-6H;5H2,1-3H3;4*3-4H,1-2H3;2*1H;;;/q;;;;-1;;;;;;;;;+2;;-1/t16-,22+;2*16-,22-;14-;;;;;;;;;;;;/m0111............/s1. The Labute approximate surface area is 826 Å². The molecule has 0 bridgehead atoms. The minimum atomic E-state index is -1.45. The second kappa shape index (κ2) is 67.3. The maximum atomic E-state index is 13.4. The normalized spacial score (nSPS) is 12.8. The van der Waals surface area contributed by atoms with Crippen LogP contribution in [0.25, 0.3) is 0 Å². The van der Waals surface area contributed by atoms with E-state index in [1.807, 2.05) is 250 Å². The van der Waals surface area contributed by atoms with E-state index in [1.54, 1.807) is 122 Å². The van der Waals surface area contributed by atoms with E-state index >= 15 is 0 Å². The Morgan fingerprint density at radius 1 is 0.422 bits per heavy atom. The van der Waals surface area contributed by atoms with Crippen molar-refractivity contribution in [1.82, 2.24) is 14.2 Å². The summed E-state index contributed by atoms with van der Waals surface area (Å²) in [4.78, 5) is 10.0. The number of carbonyl (C=O) groups excluding carboxylic acids is 1. The van der Waals surface area contributed by atoms with Gasteiger partial charge in [-0.3, -0.25) is 14.3 Å². The van der Waals surface area contributed by atoms with Crippen LogP contribution in [0.5, 0.6) is 0 Å². The number of anilines is 4. The molecule has 0 spiro atoms. The van der Waals surface area contributed by atoms with Crippen molar-refractivity contribution in [3.05, 3.63) is 298 Å². The molecule has 9 aromatic carbocycles. The topological polar surface area (TPSA) is 339 Å². The minimum absolute atomic E-state index is 0. The predicted octanol–water partition coefficient (Wildman–Crippen LogP) is 20.3. The van der Waals surface area contributed by atoms with Gasteiger partial charge in [-0.25, -0.2) is 48.4 Å². The number of benzene rings is 9. The number of aliphatic hydroxyl groups is 4. The summed E-state index contributed by atoms with van der Waals surface area (Å²) >= 11 is 0. The molecule has 0 aromatic heterocycles. The first-order valence-electron chi connectivity index (χ1n) is 40.2. The minimum Gasteiger partial charge on any atom is -1.00 e. The van der Waals surface area contributed by atoms with Crippen molar-refractivity contribution in [3.8, 4) is 0 Å². The average molecular weight is 2030 g/mol. The Hall–Kier alpha value is -5.86. The molecular formula is C95H145BrClF4MgN9O10S5SiTi. The van der Waals surface area contributed by atoms with E-state index in [4.69, 9.17) is 42.8 Å². The van der Waals surface area contributed by atoms with Gasteiger partial charge in [0.1, 0.15) is 43.0 Å². The molecule has 33 heteroatoms. The Kier molecular flexibility index (Phi) is 69.9. The number of hydrogen-bond acceptors (Lipinski definition) is 14. The van der Waals surface area contributed by atoms with Crippen LogP contribution in [0, 0.1) is 29.3 Å². The Bertz CT molecular complexity index is 4340. The van der Waals surface area contributed by atoms with Gasteiger partial charge < -0.3 is 43.6 Å². The molecule has 9 rings (SSSR count). The molecule has 8 atom stereocenters. The number of nitrogen functional groups attached to an aromatic ring is 3. The van der Waals surface area contributed by atoms with Crippen LogP contribution in [0.4, 0.5) is 40.3 Å². The summed E-state index contributed by atoms with van der Waals surface area (Å²) in [6.07, 6.45) is 1.82. The summed E-state index contributed by atoms with van der Waals surface area (Å²) in [6, 6.07) is 68.1. The summed E-state index contributed by atoms with van der Waals surface area (Å²) in [5, 5.41) is 37.3. The van der Waals surface area contributed by atoms with Gasteiger partial charge >= 0.3 is 23.1 Å². The second-order valence-corrected chi connectivity index (χ2v) is 49.6. The van der Waals surface area contributed by atoms with Crippen molar-refractivity contribution in [2.75, 3.05) is 28.8 Å². The van der Waals surface area contributed by atoms with Crippen molar-refractivity contribution in [3.63, 3.8) is 0 Å². The van der Waals surface area contributed by atoms with E-state index < -0.39 is 94.9 Å².